The van der Waals surface area contributed by atoms with Crippen molar-refractivity contribution >= 4 is 27.5 Å². The lowest BCUT2D eigenvalue weighted by Gasteiger charge is -2.25. The maximum absolute atomic E-state index is 13.3. The molecule has 4 rings (SSSR count). The fourth-order valence-electron chi connectivity index (χ4n) is 4.10. The van der Waals surface area contributed by atoms with Crippen LogP contribution in [0.4, 0.5) is 11.4 Å². The van der Waals surface area contributed by atoms with Crippen LogP contribution in [0.1, 0.15) is 33.2 Å². The zero-order valence-electron chi connectivity index (χ0n) is 19.2. The molecule has 9 heteroatoms. The predicted octanol–water partition coefficient (Wildman–Crippen LogP) is 3.20. The van der Waals surface area contributed by atoms with Gasteiger partial charge >= 0.3 is 10.2 Å². The van der Waals surface area contributed by atoms with Crippen LogP contribution in [-0.2, 0) is 16.6 Å². The molecule has 8 nitrogen and oxygen atoms in total. The number of aliphatic hydroxyl groups excluding tert-OH is 1. The lowest BCUT2D eigenvalue weighted by molar-refractivity contribution is 0.102. The molecule has 0 aliphatic carbocycles. The smallest absolute Gasteiger partial charge is 0.303 e. The number of methoxy groups -OCH3 is 1. The molecule has 0 unspecified atom stereocenters. The Bertz CT molecular complexity index is 1290. The van der Waals surface area contributed by atoms with Crippen molar-refractivity contribution < 1.29 is 23.1 Å². The van der Waals surface area contributed by atoms with E-state index < -0.39 is 16.3 Å². The molecule has 0 saturated carbocycles. The Labute approximate surface area is 199 Å². The first-order valence-electron chi connectivity index (χ1n) is 10.8. The Morgan fingerprint density at radius 2 is 1.74 bits per heavy atom. The van der Waals surface area contributed by atoms with Crippen LogP contribution in [0.25, 0.3) is 0 Å². The Morgan fingerprint density at radius 1 is 1.06 bits per heavy atom. The number of para-hydroxylation sites is 1. The third kappa shape index (κ3) is 4.37. The van der Waals surface area contributed by atoms with Gasteiger partial charge in [-0.25, -0.2) is 0 Å². The molecule has 178 valence electrons. The standard InChI is InChI=1S/C25H27N3O5S/c1-27(2)34(31,32)28-16-15-20-22(28)14-13-21(25(30)26-18-7-5-4-6-8-18)23(20)24(29)17-9-11-19(33-3)12-10-17/h4-14,24,29H,15-16H2,1-3H3,(H,26,30)/t24-/m1/s1. The number of fused-ring (bicyclic) bond motifs is 1. The lowest BCUT2D eigenvalue weighted by Crippen LogP contribution is -2.39. The van der Waals surface area contributed by atoms with E-state index in [2.05, 4.69) is 5.32 Å². The molecule has 2 N–H and O–H groups in total. The Kier molecular flexibility index (Phi) is 6.60. The molecule has 1 heterocycles. The molecule has 1 amide bonds. The maximum Gasteiger partial charge on any atom is 0.303 e. The molecule has 0 fully saturated rings. The monoisotopic (exact) mass is 481 g/mol. The molecule has 3 aromatic carbocycles. The number of hydrogen-bond donors (Lipinski definition) is 2. The summed E-state index contributed by atoms with van der Waals surface area (Å²) in [6.45, 7) is 0.224. The van der Waals surface area contributed by atoms with E-state index in [-0.39, 0.29) is 18.0 Å². The SMILES string of the molecule is COc1ccc([C@@H](O)c2c(C(=O)Nc3ccccc3)ccc3c2CCN3S(=O)(=O)N(C)C)cc1. The van der Waals surface area contributed by atoms with Crippen LogP contribution in [-0.4, -0.2) is 51.5 Å². The van der Waals surface area contributed by atoms with Gasteiger partial charge in [-0.3, -0.25) is 9.10 Å². The molecular weight excluding hydrogens is 454 g/mol. The minimum atomic E-state index is -3.72. The van der Waals surface area contributed by atoms with Gasteiger partial charge in [0.25, 0.3) is 5.91 Å². The van der Waals surface area contributed by atoms with Crippen LogP contribution in [0.3, 0.4) is 0 Å². The minimum absolute atomic E-state index is 0.224. The van der Waals surface area contributed by atoms with E-state index in [1.807, 2.05) is 18.2 Å². The number of hydrogen-bond acceptors (Lipinski definition) is 5. The number of carbonyl (C=O) groups excluding carboxylic acids is 1. The Morgan fingerprint density at radius 3 is 2.35 bits per heavy atom. The average Bonchev–Trinajstić information content (AvgIpc) is 3.28. The molecule has 1 atom stereocenters. The summed E-state index contributed by atoms with van der Waals surface area (Å²) in [6.07, 6.45) is -0.767. The van der Waals surface area contributed by atoms with Gasteiger partial charge in [0.15, 0.2) is 0 Å². The van der Waals surface area contributed by atoms with Gasteiger partial charge in [-0.15, -0.1) is 0 Å². The van der Waals surface area contributed by atoms with Crippen LogP contribution in [0.5, 0.6) is 5.75 Å². The van der Waals surface area contributed by atoms with Gasteiger partial charge in [-0.05, 0) is 53.9 Å². The van der Waals surface area contributed by atoms with Crippen molar-refractivity contribution in [3.63, 3.8) is 0 Å². The van der Waals surface area contributed by atoms with Crippen molar-refractivity contribution in [3.8, 4) is 5.75 Å². The van der Waals surface area contributed by atoms with E-state index in [1.165, 1.54) is 18.4 Å². The number of rotatable bonds is 7. The van der Waals surface area contributed by atoms with Gasteiger partial charge in [0.05, 0.1) is 12.8 Å². The highest BCUT2D eigenvalue weighted by molar-refractivity contribution is 7.90. The predicted molar refractivity (Wildman–Crippen MR) is 132 cm³/mol. The molecule has 0 spiro atoms. The number of aliphatic hydroxyl groups is 1. The molecule has 0 aromatic heterocycles. The number of nitrogens with one attached hydrogen (secondary N) is 1. The van der Waals surface area contributed by atoms with E-state index in [0.717, 1.165) is 4.31 Å². The second-order valence-corrected chi connectivity index (χ2v) is 10.2. The first-order valence-corrected chi connectivity index (χ1v) is 12.2. The van der Waals surface area contributed by atoms with Gasteiger partial charge in [0, 0.05) is 37.5 Å². The number of anilines is 2. The molecule has 1 aliphatic rings. The third-order valence-electron chi connectivity index (χ3n) is 5.89. The highest BCUT2D eigenvalue weighted by atomic mass is 32.2. The minimum Gasteiger partial charge on any atom is -0.497 e. The molecule has 34 heavy (non-hydrogen) atoms. The summed E-state index contributed by atoms with van der Waals surface area (Å²) in [6, 6.07) is 19.1. The Balaban J connectivity index is 1.83. The second-order valence-electron chi connectivity index (χ2n) is 8.13. The zero-order chi connectivity index (χ0) is 24.5. The van der Waals surface area contributed by atoms with Crippen molar-refractivity contribution in [1.29, 1.82) is 0 Å². The molecule has 0 saturated heterocycles. The number of amides is 1. The van der Waals surface area contributed by atoms with Gasteiger partial charge in [-0.1, -0.05) is 30.3 Å². The van der Waals surface area contributed by atoms with Crippen LogP contribution in [0.15, 0.2) is 66.7 Å². The largest absolute Gasteiger partial charge is 0.497 e. The number of nitrogens with zero attached hydrogens (tertiary/aromatic N) is 2. The van der Waals surface area contributed by atoms with Crippen LogP contribution in [0, 0.1) is 0 Å². The quantitative estimate of drug-likeness (QED) is 0.540. The van der Waals surface area contributed by atoms with E-state index in [0.29, 0.717) is 40.2 Å². The maximum atomic E-state index is 13.3. The van der Waals surface area contributed by atoms with E-state index in [4.69, 9.17) is 4.74 Å². The molecular formula is C25H27N3O5S. The number of carbonyl (C=O) groups is 1. The van der Waals surface area contributed by atoms with Crippen LogP contribution < -0.4 is 14.4 Å². The molecule has 1 aliphatic heterocycles. The zero-order valence-corrected chi connectivity index (χ0v) is 20.0. The lowest BCUT2D eigenvalue weighted by atomic mass is 9.90. The van der Waals surface area contributed by atoms with Crippen LogP contribution in [0.2, 0.25) is 0 Å². The first kappa shape index (κ1) is 23.7. The summed E-state index contributed by atoms with van der Waals surface area (Å²) in [5.41, 5.74) is 2.97. The summed E-state index contributed by atoms with van der Waals surface area (Å²) < 4.78 is 33.4. The number of ether oxygens (including phenoxy) is 1. The van der Waals surface area contributed by atoms with Gasteiger partial charge in [-0.2, -0.15) is 12.7 Å². The highest BCUT2D eigenvalue weighted by Crippen LogP contribution is 2.40. The van der Waals surface area contributed by atoms with Gasteiger partial charge in [0.2, 0.25) is 0 Å². The fraction of sp³-hybridized carbons (Fsp3) is 0.240. The number of benzene rings is 3. The first-order chi connectivity index (χ1) is 16.2. The van der Waals surface area contributed by atoms with Crippen molar-refractivity contribution in [2.45, 2.75) is 12.5 Å². The Hall–Kier alpha value is -3.40. The third-order valence-corrected chi connectivity index (χ3v) is 7.75. The summed E-state index contributed by atoms with van der Waals surface area (Å²) >= 11 is 0. The summed E-state index contributed by atoms with van der Waals surface area (Å²) in [4.78, 5) is 13.3. The van der Waals surface area contributed by atoms with E-state index in [1.54, 1.807) is 55.6 Å². The van der Waals surface area contributed by atoms with E-state index >= 15 is 0 Å². The van der Waals surface area contributed by atoms with Gasteiger partial charge < -0.3 is 15.2 Å². The molecule has 0 bridgehead atoms. The highest BCUT2D eigenvalue weighted by Gasteiger charge is 2.35. The van der Waals surface area contributed by atoms with Crippen molar-refractivity contribution in [3.05, 3.63) is 89.0 Å². The summed E-state index contributed by atoms with van der Waals surface area (Å²) in [5, 5.41) is 14.3. The van der Waals surface area contributed by atoms with Gasteiger partial charge in [0.1, 0.15) is 11.9 Å². The normalized spacial score (nSPS) is 14.1. The average molecular weight is 482 g/mol. The molecule has 3 aromatic rings. The van der Waals surface area contributed by atoms with Crippen molar-refractivity contribution in [2.24, 2.45) is 0 Å². The summed E-state index contributed by atoms with van der Waals surface area (Å²) in [7, 11) is 0.786. The fourth-order valence-corrected chi connectivity index (χ4v) is 5.24. The van der Waals surface area contributed by atoms with Crippen molar-refractivity contribution in [2.75, 3.05) is 37.4 Å². The summed E-state index contributed by atoms with van der Waals surface area (Å²) in [5.74, 6) is 0.255. The van der Waals surface area contributed by atoms with E-state index in [9.17, 15) is 18.3 Å². The van der Waals surface area contributed by atoms with Crippen LogP contribution >= 0.6 is 0 Å². The second kappa shape index (κ2) is 9.46. The topological polar surface area (TPSA) is 99.2 Å². The molecule has 0 radical (unpaired) electrons. The van der Waals surface area contributed by atoms with Crippen molar-refractivity contribution in [1.82, 2.24) is 4.31 Å².